The molecule has 3 aromatic heterocycles. The summed E-state index contributed by atoms with van der Waals surface area (Å²) >= 11 is 0. The molecule has 12 rings (SSSR count). The van der Waals surface area contributed by atoms with Gasteiger partial charge in [0, 0.05) is 49.1 Å². The molecule has 0 aliphatic heterocycles. The van der Waals surface area contributed by atoms with Gasteiger partial charge in [0.05, 0.1) is 38.8 Å². The van der Waals surface area contributed by atoms with E-state index in [0.717, 1.165) is 11.4 Å². The highest BCUT2D eigenvalue weighted by Gasteiger charge is 2.19. The molecule has 0 spiro atoms. The third-order valence-corrected chi connectivity index (χ3v) is 11.6. The molecule has 0 aliphatic carbocycles. The van der Waals surface area contributed by atoms with Gasteiger partial charge >= 0.3 is 0 Å². The Morgan fingerprint density at radius 3 is 1.31 bits per heavy atom. The lowest BCUT2D eigenvalue weighted by Gasteiger charge is -2.13. The largest absolute Gasteiger partial charge is 0.309 e. The van der Waals surface area contributed by atoms with E-state index in [1.54, 1.807) is 0 Å². The zero-order chi connectivity index (χ0) is 36.0. The Morgan fingerprint density at radius 1 is 0.236 bits per heavy atom. The van der Waals surface area contributed by atoms with Crippen molar-refractivity contribution in [1.29, 1.82) is 0 Å². The highest BCUT2D eigenvalue weighted by Crippen LogP contribution is 2.41. The first-order valence-corrected chi connectivity index (χ1v) is 18.9. The molecule has 0 unspecified atom stereocenters. The molecule has 3 nitrogen and oxygen atoms in total. The van der Waals surface area contributed by atoms with E-state index >= 15 is 0 Å². The third kappa shape index (κ3) is 4.38. The molecule has 0 amide bonds. The van der Waals surface area contributed by atoms with Crippen LogP contribution in [0.25, 0.3) is 104 Å². The first-order valence-electron chi connectivity index (χ1n) is 18.9. The lowest BCUT2D eigenvalue weighted by atomic mass is 10.0. The van der Waals surface area contributed by atoms with Crippen LogP contribution in [-0.4, -0.2) is 13.7 Å². The summed E-state index contributed by atoms with van der Waals surface area (Å²) in [6, 6.07) is 73.2. The molecule has 0 saturated heterocycles. The monoisotopic (exact) mass is 699 g/mol. The minimum Gasteiger partial charge on any atom is -0.309 e. The molecular weight excluding hydrogens is 667 g/mol. The average molecular weight is 700 g/mol. The number of fused-ring (bicyclic) bond motifs is 10. The smallest absolute Gasteiger partial charge is 0.0549 e. The Morgan fingerprint density at radius 2 is 0.691 bits per heavy atom. The fourth-order valence-corrected chi connectivity index (χ4v) is 9.20. The normalized spacial score (nSPS) is 12.0. The number of aromatic nitrogens is 3. The minimum atomic E-state index is 1.15. The van der Waals surface area contributed by atoms with Crippen molar-refractivity contribution in [2.24, 2.45) is 0 Å². The predicted molar refractivity (Wildman–Crippen MR) is 232 cm³/mol. The van der Waals surface area contributed by atoms with Crippen LogP contribution >= 0.6 is 0 Å². The first kappa shape index (κ1) is 30.1. The van der Waals surface area contributed by atoms with Crippen molar-refractivity contribution in [2.45, 2.75) is 0 Å². The predicted octanol–water partition coefficient (Wildman–Crippen LogP) is 13.8. The lowest BCUT2D eigenvalue weighted by molar-refractivity contribution is 1.18. The van der Waals surface area contributed by atoms with Gasteiger partial charge in [0.15, 0.2) is 0 Å². The lowest BCUT2D eigenvalue weighted by Crippen LogP contribution is -1.96. The molecule has 9 aromatic carbocycles. The standard InChI is InChI=1S/C52H33N3/c1-2-17-39-35(13-1)14-12-26-46(39)55-50-25-10-6-21-43(50)45-32-51-44(33-52(45)55)42-20-5-9-24-49(42)54(51)38-16-11-15-36(31-38)34-27-29-37(30-28-34)53-47-22-7-3-18-40(47)41-19-4-8-23-48(41)53/h1-33H. The topological polar surface area (TPSA) is 14.8 Å². The van der Waals surface area contributed by atoms with Crippen LogP contribution in [0.3, 0.4) is 0 Å². The van der Waals surface area contributed by atoms with Gasteiger partial charge in [-0.25, -0.2) is 0 Å². The van der Waals surface area contributed by atoms with Gasteiger partial charge in [-0.05, 0) is 83.2 Å². The zero-order valence-electron chi connectivity index (χ0n) is 29.9. The fourth-order valence-electron chi connectivity index (χ4n) is 9.20. The number of benzene rings is 9. The van der Waals surface area contributed by atoms with Gasteiger partial charge in [-0.2, -0.15) is 0 Å². The molecule has 0 aliphatic rings. The fraction of sp³-hybridized carbons (Fsp3) is 0. The number of hydrogen-bond donors (Lipinski definition) is 0. The van der Waals surface area contributed by atoms with Crippen LogP contribution in [0.4, 0.5) is 0 Å². The quantitative estimate of drug-likeness (QED) is 0.174. The molecule has 0 atom stereocenters. The molecule has 3 heteroatoms. The number of hydrogen-bond acceptors (Lipinski definition) is 0. The van der Waals surface area contributed by atoms with Crippen molar-refractivity contribution in [3.63, 3.8) is 0 Å². The van der Waals surface area contributed by atoms with Crippen LogP contribution in [0.2, 0.25) is 0 Å². The summed E-state index contributed by atoms with van der Waals surface area (Å²) in [6.45, 7) is 0. The zero-order valence-corrected chi connectivity index (χ0v) is 29.9. The summed E-state index contributed by atoms with van der Waals surface area (Å²) < 4.78 is 7.28. The summed E-state index contributed by atoms with van der Waals surface area (Å²) in [7, 11) is 0. The van der Waals surface area contributed by atoms with E-state index < -0.39 is 0 Å². The Balaban J connectivity index is 1.04. The Kier molecular flexibility index (Phi) is 6.34. The van der Waals surface area contributed by atoms with Crippen molar-refractivity contribution in [3.05, 3.63) is 200 Å². The molecule has 0 fully saturated rings. The van der Waals surface area contributed by atoms with Gasteiger partial charge in [-0.3, -0.25) is 0 Å². The van der Waals surface area contributed by atoms with Gasteiger partial charge in [-0.15, -0.1) is 0 Å². The Hall–Kier alpha value is -7.36. The van der Waals surface area contributed by atoms with Crippen molar-refractivity contribution >= 4 is 76.2 Å². The Labute approximate surface area is 317 Å². The second kappa shape index (κ2) is 11.6. The molecule has 3 heterocycles. The molecule has 0 N–H and O–H groups in total. The highest BCUT2D eigenvalue weighted by molar-refractivity contribution is 6.19. The number of nitrogens with zero attached hydrogens (tertiary/aromatic N) is 3. The van der Waals surface area contributed by atoms with E-state index in [0.29, 0.717) is 0 Å². The van der Waals surface area contributed by atoms with E-state index in [2.05, 4.69) is 214 Å². The van der Waals surface area contributed by atoms with Crippen LogP contribution in [0, 0.1) is 0 Å². The maximum absolute atomic E-state index is 2.46. The maximum Gasteiger partial charge on any atom is 0.0549 e. The van der Waals surface area contributed by atoms with Crippen LogP contribution in [0.1, 0.15) is 0 Å². The molecule has 0 radical (unpaired) electrons. The van der Waals surface area contributed by atoms with Crippen molar-refractivity contribution in [1.82, 2.24) is 13.7 Å². The molecule has 0 bridgehead atoms. The van der Waals surface area contributed by atoms with Gasteiger partial charge in [0.1, 0.15) is 0 Å². The van der Waals surface area contributed by atoms with E-state index in [-0.39, 0.29) is 0 Å². The summed E-state index contributed by atoms with van der Waals surface area (Å²) in [5, 5.41) is 10.0. The van der Waals surface area contributed by atoms with E-state index in [1.807, 2.05) is 0 Å². The van der Waals surface area contributed by atoms with Crippen LogP contribution < -0.4 is 0 Å². The molecule has 0 saturated carbocycles. The third-order valence-electron chi connectivity index (χ3n) is 11.6. The van der Waals surface area contributed by atoms with E-state index in [4.69, 9.17) is 0 Å². The van der Waals surface area contributed by atoms with Crippen molar-refractivity contribution in [3.8, 4) is 28.2 Å². The summed E-state index contributed by atoms with van der Waals surface area (Å²) in [4.78, 5) is 0. The van der Waals surface area contributed by atoms with E-state index in [9.17, 15) is 0 Å². The maximum atomic E-state index is 2.46. The highest BCUT2D eigenvalue weighted by atomic mass is 15.0. The van der Waals surface area contributed by atoms with Crippen molar-refractivity contribution < 1.29 is 0 Å². The van der Waals surface area contributed by atoms with Gasteiger partial charge in [0.2, 0.25) is 0 Å². The summed E-state index contributed by atoms with van der Waals surface area (Å²) in [5.74, 6) is 0. The second-order valence-corrected chi connectivity index (χ2v) is 14.6. The van der Waals surface area contributed by atoms with Gasteiger partial charge in [-0.1, -0.05) is 133 Å². The minimum absolute atomic E-state index is 1.15. The Bertz CT molecular complexity index is 3420. The first-order chi connectivity index (χ1) is 27.3. The molecule has 55 heavy (non-hydrogen) atoms. The van der Waals surface area contributed by atoms with E-state index in [1.165, 1.54) is 93.0 Å². The van der Waals surface area contributed by atoms with Crippen molar-refractivity contribution in [2.75, 3.05) is 0 Å². The van der Waals surface area contributed by atoms with Crippen LogP contribution in [0.15, 0.2) is 200 Å². The van der Waals surface area contributed by atoms with Gasteiger partial charge in [0.25, 0.3) is 0 Å². The van der Waals surface area contributed by atoms with Gasteiger partial charge < -0.3 is 13.7 Å². The van der Waals surface area contributed by atoms with Crippen LogP contribution in [0.5, 0.6) is 0 Å². The second-order valence-electron chi connectivity index (χ2n) is 14.6. The summed E-state index contributed by atoms with van der Waals surface area (Å²) in [5.41, 5.74) is 13.1. The molecular formula is C52H33N3. The average Bonchev–Trinajstić information content (AvgIpc) is 3.88. The molecule has 12 aromatic rings. The molecule has 256 valence electrons. The number of para-hydroxylation sites is 4. The summed E-state index contributed by atoms with van der Waals surface area (Å²) in [6.07, 6.45) is 0. The van der Waals surface area contributed by atoms with Crippen LogP contribution in [-0.2, 0) is 0 Å². The number of rotatable bonds is 4. The SMILES string of the molecule is c1cc(-c2ccc(-n3c4ccccc4c4ccccc43)cc2)cc(-n2c3ccccc3c3cc4c(cc32)c2ccccc2n4-c2cccc3ccccc23)c1.